The first-order valence-electron chi connectivity index (χ1n) is 17.4. The molecule has 8 aromatic carbocycles. The molecule has 10 heteroatoms. The number of nitrogens with two attached hydrogens (primary N) is 2. The highest BCUT2D eigenvalue weighted by Gasteiger charge is 2.18. The summed E-state index contributed by atoms with van der Waals surface area (Å²) < 4.78 is 22.6. The van der Waals surface area contributed by atoms with Gasteiger partial charge in [-0.15, -0.1) is 0 Å². The minimum absolute atomic E-state index is 0.279. The fourth-order valence-corrected chi connectivity index (χ4v) is 6.24. The molecule has 8 rings (SSSR count). The molecular weight excluding hydrogens is 709 g/mol. The van der Waals surface area contributed by atoms with Gasteiger partial charge < -0.3 is 30.4 Å². The van der Waals surface area contributed by atoms with E-state index in [2.05, 4.69) is 0 Å². The van der Waals surface area contributed by atoms with Crippen LogP contribution in [0.1, 0.15) is 41.4 Å². The van der Waals surface area contributed by atoms with Crippen molar-refractivity contribution in [2.24, 2.45) is 0 Å². The van der Waals surface area contributed by atoms with Crippen LogP contribution in [0.5, 0.6) is 23.0 Å². The van der Waals surface area contributed by atoms with Crippen LogP contribution in [0, 0.1) is 0 Å². The predicted molar refractivity (Wildman–Crippen MR) is 213 cm³/mol. The number of fused-ring (bicyclic) bond motifs is 3. The number of benzene rings is 8. The van der Waals surface area contributed by atoms with Crippen LogP contribution in [0.25, 0.3) is 32.3 Å². The molecular formula is C46H30N2O8. The average Bonchev–Trinajstić information content (AvgIpc) is 3.20. The molecule has 0 saturated heterocycles. The van der Waals surface area contributed by atoms with Gasteiger partial charge in [-0.25, -0.2) is 19.2 Å². The lowest BCUT2D eigenvalue weighted by atomic mass is 10.0. The summed E-state index contributed by atoms with van der Waals surface area (Å²) in [5, 5.41) is 4.02. The van der Waals surface area contributed by atoms with Crippen molar-refractivity contribution < 1.29 is 38.1 Å². The second-order valence-corrected chi connectivity index (χ2v) is 12.9. The Balaban J connectivity index is 0.960. The first-order chi connectivity index (χ1) is 27.2. The first-order valence-corrected chi connectivity index (χ1v) is 17.4. The Labute approximate surface area is 319 Å². The Morgan fingerprint density at radius 1 is 0.339 bits per heavy atom. The molecule has 0 radical (unpaired) electrons. The summed E-state index contributed by atoms with van der Waals surface area (Å²) in [6.45, 7) is 0. The topological polar surface area (TPSA) is 157 Å². The van der Waals surface area contributed by atoms with Gasteiger partial charge in [0.1, 0.15) is 23.0 Å². The lowest BCUT2D eigenvalue weighted by Gasteiger charge is -2.12. The lowest BCUT2D eigenvalue weighted by Crippen LogP contribution is -2.10. The summed E-state index contributed by atoms with van der Waals surface area (Å²) in [6.07, 6.45) is 0. The Bertz CT molecular complexity index is 2690. The summed E-state index contributed by atoms with van der Waals surface area (Å²) in [5.74, 6) is -1.03. The van der Waals surface area contributed by atoms with Gasteiger partial charge in [-0.3, -0.25) is 0 Å². The highest BCUT2D eigenvalue weighted by Crippen LogP contribution is 2.34. The van der Waals surface area contributed by atoms with Gasteiger partial charge in [0.15, 0.2) is 0 Å². The zero-order chi connectivity index (χ0) is 38.8. The second kappa shape index (κ2) is 14.8. The fraction of sp³-hybridized carbons (Fsp3) is 0. The quantitative estimate of drug-likeness (QED) is 0.0875. The predicted octanol–water partition coefficient (Wildman–Crippen LogP) is 9.19. The number of nitrogen functional groups attached to an aromatic ring is 2. The third-order valence-corrected chi connectivity index (χ3v) is 9.01. The van der Waals surface area contributed by atoms with E-state index in [1.165, 1.54) is 0 Å². The molecule has 56 heavy (non-hydrogen) atoms. The number of carbonyl (C=O) groups excluding carboxylic acids is 4. The third kappa shape index (κ3) is 7.43. The summed E-state index contributed by atoms with van der Waals surface area (Å²) in [6, 6.07) is 43.6. The minimum Gasteiger partial charge on any atom is -0.423 e. The minimum atomic E-state index is -0.593. The fourth-order valence-electron chi connectivity index (χ4n) is 6.24. The van der Waals surface area contributed by atoms with E-state index in [1.54, 1.807) is 158 Å². The van der Waals surface area contributed by atoms with Crippen LogP contribution in [-0.4, -0.2) is 23.9 Å². The molecule has 0 spiro atoms. The van der Waals surface area contributed by atoms with Crippen LogP contribution >= 0.6 is 0 Å². The molecule has 272 valence electrons. The first kappa shape index (κ1) is 35.1. The molecule has 0 aliphatic carbocycles. The van der Waals surface area contributed by atoms with Crippen molar-refractivity contribution in [1.82, 2.24) is 0 Å². The van der Waals surface area contributed by atoms with Gasteiger partial charge in [0.25, 0.3) is 0 Å². The van der Waals surface area contributed by atoms with E-state index in [9.17, 15) is 19.2 Å². The van der Waals surface area contributed by atoms with Crippen LogP contribution < -0.4 is 30.4 Å². The number of esters is 4. The standard InChI is InChI=1S/C46H30N2O8/c47-35-5-1-7-37(25-35)53-43(49)31-17-13-29-23-33(19-15-27(29)21-31)45(51)55-41-11-3-10-40-39(41)9-4-12-42(40)56-46(52)34-20-16-28-22-32(18-14-30(28)24-34)44(50)54-38-8-2-6-36(48)26-38/h1-26H,47-48H2. The number of anilines is 2. The van der Waals surface area contributed by atoms with Gasteiger partial charge in [0.05, 0.1) is 22.3 Å². The van der Waals surface area contributed by atoms with E-state index < -0.39 is 23.9 Å². The SMILES string of the molecule is Nc1cccc(OC(=O)c2ccc3cc(C(=O)Oc4cccc5c(OC(=O)c6ccc7cc(C(=O)Oc8cccc(N)c8)ccc7c6)cccc45)ccc3c2)c1. The van der Waals surface area contributed by atoms with Gasteiger partial charge in [0, 0.05) is 34.3 Å². The molecule has 0 bridgehead atoms. The van der Waals surface area contributed by atoms with Crippen LogP contribution in [-0.2, 0) is 0 Å². The highest BCUT2D eigenvalue weighted by molar-refractivity contribution is 6.03. The van der Waals surface area contributed by atoms with E-state index in [4.69, 9.17) is 30.4 Å². The highest BCUT2D eigenvalue weighted by atomic mass is 16.5. The van der Waals surface area contributed by atoms with Crippen molar-refractivity contribution in [3.05, 3.63) is 180 Å². The number of ether oxygens (including phenoxy) is 4. The largest absolute Gasteiger partial charge is 0.423 e. The second-order valence-electron chi connectivity index (χ2n) is 12.9. The van der Waals surface area contributed by atoms with Crippen LogP contribution in [0.3, 0.4) is 0 Å². The third-order valence-electron chi connectivity index (χ3n) is 9.01. The van der Waals surface area contributed by atoms with Gasteiger partial charge >= 0.3 is 23.9 Å². The van der Waals surface area contributed by atoms with E-state index in [0.29, 0.717) is 55.9 Å². The summed E-state index contributed by atoms with van der Waals surface area (Å²) in [5.41, 5.74) is 13.8. The maximum absolute atomic E-state index is 13.4. The molecule has 4 N–H and O–H groups in total. The molecule has 0 amide bonds. The molecule has 10 nitrogen and oxygen atoms in total. The zero-order valence-electron chi connectivity index (χ0n) is 29.4. The molecule has 0 unspecified atom stereocenters. The summed E-state index contributed by atoms with van der Waals surface area (Å²) in [4.78, 5) is 52.3. The molecule has 0 heterocycles. The maximum Gasteiger partial charge on any atom is 0.343 e. The van der Waals surface area contributed by atoms with Crippen molar-refractivity contribution in [3.8, 4) is 23.0 Å². The van der Waals surface area contributed by atoms with E-state index in [-0.39, 0.29) is 11.5 Å². The summed E-state index contributed by atoms with van der Waals surface area (Å²) in [7, 11) is 0. The van der Waals surface area contributed by atoms with Gasteiger partial charge in [-0.05, 0) is 106 Å². The zero-order valence-corrected chi connectivity index (χ0v) is 29.4. The van der Waals surface area contributed by atoms with Crippen molar-refractivity contribution >= 4 is 67.6 Å². The van der Waals surface area contributed by atoms with Crippen LogP contribution in [0.4, 0.5) is 11.4 Å². The van der Waals surface area contributed by atoms with Gasteiger partial charge in [-0.2, -0.15) is 0 Å². The smallest absolute Gasteiger partial charge is 0.343 e. The normalized spacial score (nSPS) is 10.9. The van der Waals surface area contributed by atoms with Crippen LogP contribution in [0.2, 0.25) is 0 Å². The maximum atomic E-state index is 13.4. The van der Waals surface area contributed by atoms with Crippen molar-refractivity contribution in [3.63, 3.8) is 0 Å². The van der Waals surface area contributed by atoms with Gasteiger partial charge in [-0.1, -0.05) is 60.7 Å². The number of rotatable bonds is 8. The van der Waals surface area contributed by atoms with E-state index in [0.717, 1.165) is 21.5 Å². The average molecular weight is 739 g/mol. The molecule has 0 aliphatic rings. The van der Waals surface area contributed by atoms with Crippen LogP contribution in [0.15, 0.2) is 158 Å². The van der Waals surface area contributed by atoms with Crippen molar-refractivity contribution in [1.29, 1.82) is 0 Å². The molecule has 0 aliphatic heterocycles. The number of carbonyl (C=O) groups is 4. The molecule has 0 atom stereocenters. The lowest BCUT2D eigenvalue weighted by molar-refractivity contribution is 0.0725. The Kier molecular flexibility index (Phi) is 9.27. The molecule has 0 aromatic heterocycles. The Hall–Kier alpha value is -7.98. The monoisotopic (exact) mass is 738 g/mol. The Morgan fingerprint density at radius 3 is 1.00 bits per heavy atom. The number of hydrogen-bond donors (Lipinski definition) is 2. The van der Waals surface area contributed by atoms with Crippen molar-refractivity contribution in [2.75, 3.05) is 11.5 Å². The molecule has 0 fully saturated rings. The molecule has 8 aromatic rings. The Morgan fingerprint density at radius 2 is 0.661 bits per heavy atom. The van der Waals surface area contributed by atoms with E-state index >= 15 is 0 Å². The van der Waals surface area contributed by atoms with E-state index in [1.807, 2.05) is 0 Å². The summed E-state index contributed by atoms with van der Waals surface area (Å²) >= 11 is 0. The van der Waals surface area contributed by atoms with Crippen molar-refractivity contribution in [2.45, 2.75) is 0 Å². The number of hydrogen-bond acceptors (Lipinski definition) is 10. The molecule has 0 saturated carbocycles. The van der Waals surface area contributed by atoms with Gasteiger partial charge in [0.2, 0.25) is 0 Å².